The topological polar surface area (TPSA) is 128 Å². The number of pyridine rings is 1. The van der Waals surface area contributed by atoms with Gasteiger partial charge in [-0.05, 0) is 61.0 Å². The van der Waals surface area contributed by atoms with Crippen molar-refractivity contribution < 1.29 is 14.6 Å². The molecule has 0 aliphatic carbocycles. The number of benzene rings is 2. The second-order valence-corrected chi connectivity index (χ2v) is 8.89. The number of carbonyl (C=O) groups is 1. The maximum atomic E-state index is 13.3. The number of ether oxygens (including phenoxy) is 1. The van der Waals surface area contributed by atoms with Gasteiger partial charge in [0.1, 0.15) is 11.5 Å². The molecular formula is C26H24ClN5O5. The predicted molar refractivity (Wildman–Crippen MR) is 139 cm³/mol. The van der Waals surface area contributed by atoms with Crippen molar-refractivity contribution >= 4 is 29.2 Å². The van der Waals surface area contributed by atoms with Crippen LogP contribution < -0.4 is 21.4 Å². The van der Waals surface area contributed by atoms with Gasteiger partial charge in [0, 0.05) is 22.9 Å². The normalized spacial score (nSPS) is 11.6. The number of halogens is 1. The van der Waals surface area contributed by atoms with Crippen LogP contribution in [0.3, 0.4) is 0 Å². The summed E-state index contributed by atoms with van der Waals surface area (Å²) >= 11 is 5.98. The smallest absolute Gasteiger partial charge is 0.354 e. The Kier molecular flexibility index (Phi) is 7.69. The number of carboxylic acids is 1. The first-order valence-electron chi connectivity index (χ1n) is 11.4. The molecule has 0 bridgehead atoms. The first-order chi connectivity index (χ1) is 17.7. The van der Waals surface area contributed by atoms with Crippen molar-refractivity contribution in [2.75, 3.05) is 5.32 Å². The average molecular weight is 522 g/mol. The highest BCUT2D eigenvalue weighted by Crippen LogP contribution is 2.24. The first-order valence-corrected chi connectivity index (χ1v) is 11.7. The third-order valence-corrected chi connectivity index (χ3v) is 5.76. The molecule has 0 aliphatic rings. The molecule has 0 fully saturated rings. The highest BCUT2D eigenvalue weighted by atomic mass is 35.5. The van der Waals surface area contributed by atoms with Gasteiger partial charge < -0.3 is 15.2 Å². The van der Waals surface area contributed by atoms with E-state index in [4.69, 9.17) is 16.3 Å². The fourth-order valence-corrected chi connectivity index (χ4v) is 3.56. The van der Waals surface area contributed by atoms with Gasteiger partial charge in [0.15, 0.2) is 0 Å². The zero-order valence-corrected chi connectivity index (χ0v) is 20.8. The van der Waals surface area contributed by atoms with Crippen LogP contribution in [-0.4, -0.2) is 30.2 Å². The molecule has 4 rings (SSSR count). The Bertz CT molecular complexity index is 1510. The van der Waals surface area contributed by atoms with E-state index in [9.17, 15) is 19.5 Å². The molecule has 4 aromatic rings. The van der Waals surface area contributed by atoms with Crippen molar-refractivity contribution in [2.24, 2.45) is 5.92 Å². The zero-order valence-electron chi connectivity index (χ0n) is 20.1. The maximum absolute atomic E-state index is 13.3. The number of aromatic nitrogens is 4. The van der Waals surface area contributed by atoms with E-state index in [-0.39, 0.29) is 19.0 Å². The number of aliphatic carboxylic acids is 1. The largest absolute Gasteiger partial charge is 0.481 e. The third-order valence-electron chi connectivity index (χ3n) is 5.51. The van der Waals surface area contributed by atoms with E-state index < -0.39 is 23.3 Å². The Morgan fingerprint density at radius 2 is 1.70 bits per heavy atom. The standard InChI is InChI=1S/C26H24ClN5O5/c1-16(23(33)34)14-32-25(35)30-24(31(26(32)36)15-18-4-6-19(27)7-5-18)29-20-8-11-21(12-9-20)37-22-10-3-17(2)28-13-22/h3-13,16H,14-15H2,1-2H3,(H,33,34)(H,29,30,35)/t16-/m0/s1. The van der Waals surface area contributed by atoms with E-state index in [1.807, 2.05) is 19.1 Å². The number of hydrogen-bond acceptors (Lipinski definition) is 7. The van der Waals surface area contributed by atoms with Crippen LogP contribution in [0.1, 0.15) is 18.2 Å². The van der Waals surface area contributed by atoms with Gasteiger partial charge in [-0.25, -0.2) is 14.2 Å². The van der Waals surface area contributed by atoms with Crippen LogP contribution in [0.15, 0.2) is 76.4 Å². The summed E-state index contributed by atoms with van der Waals surface area (Å²) < 4.78 is 7.89. The van der Waals surface area contributed by atoms with Gasteiger partial charge in [0.2, 0.25) is 5.95 Å². The summed E-state index contributed by atoms with van der Waals surface area (Å²) in [5.41, 5.74) is 0.644. The highest BCUT2D eigenvalue weighted by molar-refractivity contribution is 6.30. The molecule has 0 saturated carbocycles. The number of nitrogens with one attached hydrogen (secondary N) is 1. The van der Waals surface area contributed by atoms with Gasteiger partial charge in [-0.2, -0.15) is 4.98 Å². The van der Waals surface area contributed by atoms with Gasteiger partial charge in [-0.3, -0.25) is 14.3 Å². The summed E-state index contributed by atoms with van der Waals surface area (Å²) in [6.07, 6.45) is 1.63. The van der Waals surface area contributed by atoms with E-state index in [1.54, 1.807) is 54.7 Å². The van der Waals surface area contributed by atoms with E-state index in [0.717, 1.165) is 15.8 Å². The van der Waals surface area contributed by atoms with Crippen molar-refractivity contribution in [1.29, 1.82) is 0 Å². The van der Waals surface area contributed by atoms with Gasteiger partial charge in [0.25, 0.3) is 0 Å². The molecular weight excluding hydrogens is 498 g/mol. The number of aryl methyl sites for hydroxylation is 1. The van der Waals surface area contributed by atoms with Gasteiger partial charge >= 0.3 is 17.3 Å². The Morgan fingerprint density at radius 1 is 1.03 bits per heavy atom. The SMILES string of the molecule is Cc1ccc(Oc2ccc(Nc3nc(=O)n(C[C@H](C)C(=O)O)c(=O)n3Cc3ccc(Cl)cc3)cc2)cn1. The molecule has 2 aromatic carbocycles. The van der Waals surface area contributed by atoms with Crippen molar-refractivity contribution in [2.45, 2.75) is 26.9 Å². The lowest BCUT2D eigenvalue weighted by Crippen LogP contribution is -2.44. The van der Waals surface area contributed by atoms with E-state index >= 15 is 0 Å². The minimum Gasteiger partial charge on any atom is -0.481 e. The zero-order chi connectivity index (χ0) is 26.5. The van der Waals surface area contributed by atoms with Crippen molar-refractivity contribution in [3.63, 3.8) is 0 Å². The van der Waals surface area contributed by atoms with Crippen LogP contribution in [0, 0.1) is 12.8 Å². The number of nitrogens with zero attached hydrogens (tertiary/aromatic N) is 4. The van der Waals surface area contributed by atoms with E-state index in [2.05, 4.69) is 15.3 Å². The van der Waals surface area contributed by atoms with Gasteiger partial charge in [0.05, 0.1) is 18.7 Å². The first kappa shape index (κ1) is 25.6. The lowest BCUT2D eigenvalue weighted by Gasteiger charge is -2.17. The molecule has 0 spiro atoms. The van der Waals surface area contributed by atoms with Gasteiger partial charge in [-0.1, -0.05) is 30.7 Å². The molecule has 37 heavy (non-hydrogen) atoms. The molecule has 0 unspecified atom stereocenters. The summed E-state index contributed by atoms with van der Waals surface area (Å²) in [6, 6.07) is 17.4. The third kappa shape index (κ3) is 6.42. The number of hydrogen-bond donors (Lipinski definition) is 2. The highest BCUT2D eigenvalue weighted by Gasteiger charge is 2.19. The maximum Gasteiger partial charge on any atom is 0.354 e. The van der Waals surface area contributed by atoms with Gasteiger partial charge in [-0.15, -0.1) is 0 Å². The monoisotopic (exact) mass is 521 g/mol. The van der Waals surface area contributed by atoms with Crippen LogP contribution in [0.25, 0.3) is 0 Å². The van der Waals surface area contributed by atoms with Crippen LogP contribution in [0.5, 0.6) is 11.5 Å². The number of anilines is 2. The molecule has 11 heteroatoms. The van der Waals surface area contributed by atoms with Crippen molar-refractivity contribution in [3.05, 3.63) is 104 Å². The number of carboxylic acid groups (broad SMARTS) is 1. The summed E-state index contributed by atoms with van der Waals surface area (Å²) in [7, 11) is 0. The molecule has 190 valence electrons. The quantitative estimate of drug-likeness (QED) is 0.337. The second-order valence-electron chi connectivity index (χ2n) is 8.45. The molecule has 2 N–H and O–H groups in total. The fourth-order valence-electron chi connectivity index (χ4n) is 3.43. The van der Waals surface area contributed by atoms with Crippen LogP contribution in [-0.2, 0) is 17.9 Å². The Balaban J connectivity index is 1.65. The minimum absolute atomic E-state index is 0.0144. The van der Waals surface area contributed by atoms with E-state index in [0.29, 0.717) is 22.2 Å². The average Bonchev–Trinajstić information content (AvgIpc) is 2.87. The van der Waals surface area contributed by atoms with Crippen molar-refractivity contribution in [1.82, 2.24) is 19.1 Å². The molecule has 10 nitrogen and oxygen atoms in total. The summed E-state index contributed by atoms with van der Waals surface area (Å²) in [4.78, 5) is 45.6. The number of rotatable bonds is 9. The summed E-state index contributed by atoms with van der Waals surface area (Å²) in [5, 5.41) is 12.8. The van der Waals surface area contributed by atoms with E-state index in [1.165, 1.54) is 11.5 Å². The van der Waals surface area contributed by atoms with Crippen molar-refractivity contribution in [3.8, 4) is 11.5 Å². The minimum atomic E-state index is -1.12. The Labute approximate surface area is 216 Å². The summed E-state index contributed by atoms with van der Waals surface area (Å²) in [5.74, 6) is -0.905. The van der Waals surface area contributed by atoms with Crippen LogP contribution >= 0.6 is 11.6 Å². The molecule has 2 heterocycles. The molecule has 0 aliphatic heterocycles. The van der Waals surface area contributed by atoms with Crippen LogP contribution in [0.2, 0.25) is 5.02 Å². The van der Waals surface area contributed by atoms with Crippen LogP contribution in [0.4, 0.5) is 11.6 Å². The molecule has 0 radical (unpaired) electrons. The predicted octanol–water partition coefficient (Wildman–Crippen LogP) is 4.07. The molecule has 2 aromatic heterocycles. The fraction of sp³-hybridized carbons (Fsp3) is 0.192. The summed E-state index contributed by atoms with van der Waals surface area (Å²) in [6.45, 7) is 3.07. The Morgan fingerprint density at radius 3 is 2.32 bits per heavy atom. The second kappa shape index (κ2) is 11.1. The molecule has 0 amide bonds. The molecule has 0 saturated heterocycles. The lowest BCUT2D eigenvalue weighted by molar-refractivity contribution is -0.141. The molecule has 1 atom stereocenters. The lowest BCUT2D eigenvalue weighted by atomic mass is 10.2. The Hall–Kier alpha value is -4.44.